The first-order valence-corrected chi connectivity index (χ1v) is 30.0. The molecule has 2 aliphatic rings. The average molecular weight is 1390 g/mol. The quantitative estimate of drug-likeness (QED) is 0.0221. The van der Waals surface area contributed by atoms with Crippen molar-refractivity contribution in [3.63, 3.8) is 0 Å². The second-order valence-corrected chi connectivity index (χ2v) is 27.8. The van der Waals surface area contributed by atoms with Gasteiger partial charge in [0.15, 0.2) is 17.3 Å². The number of hydrogen-bond donors (Lipinski definition) is 4. The number of aliphatic hydroxyl groups excluding tert-OH is 1. The molecule has 6 aromatic heterocycles. The van der Waals surface area contributed by atoms with Crippen LogP contribution in [0.3, 0.4) is 0 Å². The van der Waals surface area contributed by atoms with Crippen molar-refractivity contribution in [3.05, 3.63) is 88.9 Å². The number of sulfonamides is 2. The molecule has 2 saturated heterocycles. The number of aromatic nitrogens is 10. The van der Waals surface area contributed by atoms with Crippen LogP contribution < -0.4 is 137 Å². The van der Waals surface area contributed by atoms with Gasteiger partial charge in [-0.2, -0.15) is 37.2 Å². The number of nitrogens with one attached hydrogen (secondary N) is 3. The van der Waals surface area contributed by atoms with Crippen molar-refractivity contribution >= 4 is 88.7 Å². The number of amides is 2. The third-order valence-corrected chi connectivity index (χ3v) is 15.5. The van der Waals surface area contributed by atoms with Crippen LogP contribution in [0.4, 0.5) is 5.82 Å². The molecule has 0 aliphatic carbocycles. The maximum atomic E-state index is 13.5. The van der Waals surface area contributed by atoms with Crippen LogP contribution in [0, 0.1) is 22.7 Å². The van der Waals surface area contributed by atoms with Crippen molar-refractivity contribution in [2.75, 3.05) is 38.3 Å². The Hall–Kier alpha value is -3.54. The third-order valence-electron chi connectivity index (χ3n) is 12.5. The van der Waals surface area contributed by atoms with Crippen LogP contribution in [-0.2, 0) is 55.2 Å². The zero-order chi connectivity index (χ0) is 63.6. The first-order valence-electron chi connectivity index (χ1n) is 26.6. The predicted molar refractivity (Wildman–Crippen MR) is 331 cm³/mol. The topological polar surface area (TPSA) is 353 Å². The third kappa shape index (κ3) is 24.4. The first-order chi connectivity index (χ1) is 39.4. The number of carbonyl (C=O) groups excluding carboxylic acids is 4. The van der Waals surface area contributed by atoms with Gasteiger partial charge in [-0.05, 0) is 94.0 Å². The number of hydrogen-bond acceptors (Lipinski definition) is 22. The van der Waals surface area contributed by atoms with Crippen molar-refractivity contribution in [2.24, 2.45) is 36.8 Å². The van der Waals surface area contributed by atoms with Gasteiger partial charge in [0.1, 0.15) is 26.5 Å². The number of aryl methyl sites for hydroxylation is 2. The van der Waals surface area contributed by atoms with Crippen LogP contribution in [0.25, 0.3) is 11.6 Å². The molecule has 0 radical (unpaired) electrons. The van der Waals surface area contributed by atoms with Crippen LogP contribution in [0.15, 0.2) is 71.0 Å². The Morgan fingerprint density at radius 1 is 0.764 bits per heavy atom. The van der Waals surface area contributed by atoms with E-state index in [1.54, 1.807) is 41.3 Å². The molecule has 0 saturated carbocycles. The number of ether oxygens (including phenoxy) is 3. The Morgan fingerprint density at radius 2 is 1.24 bits per heavy atom. The van der Waals surface area contributed by atoms with Gasteiger partial charge < -0.3 is 41.1 Å². The van der Waals surface area contributed by atoms with Gasteiger partial charge in [0, 0.05) is 68.6 Å². The summed E-state index contributed by atoms with van der Waals surface area (Å²) < 4.78 is 76.9. The molecule has 0 aromatic carbocycles. The number of halogens is 1. The molecule has 8 rings (SSSR count). The predicted octanol–water partition coefficient (Wildman–Crippen LogP) is -1.18. The zero-order valence-corrected chi connectivity index (χ0v) is 64.0. The largest absolute Gasteiger partial charge is 1.00 e. The van der Waals surface area contributed by atoms with Gasteiger partial charge in [-0.3, -0.25) is 23.7 Å². The molecule has 35 heteroatoms. The van der Waals surface area contributed by atoms with E-state index in [2.05, 4.69) is 107 Å². The van der Waals surface area contributed by atoms with E-state index in [9.17, 15) is 36.3 Å². The fourth-order valence-corrected chi connectivity index (χ4v) is 11.5. The van der Waals surface area contributed by atoms with E-state index < -0.39 is 55.0 Å². The number of rotatable bonds is 16. The number of methoxy groups -OCH3 is 1. The maximum Gasteiger partial charge on any atom is 1.00 e. The van der Waals surface area contributed by atoms with Gasteiger partial charge in [0.2, 0.25) is 11.8 Å². The second-order valence-electron chi connectivity index (χ2n) is 24.1. The standard InChI is InChI=1S/C26H37N7O5S.C20H23ClN6O6S.C7H15N.CH2O3.2K.2H2S.H/c1-17-12-26(5,6)32(13-17)23-18(24(35)30-39(36,37)20-14-31(7)28-19(20)15-34)8-9-21(27-23)33-11-10-22(29-33)38-16-25(2,3)4;1-20(2,3)11-33-15-8-9-27(23-15)14-7-6-12(17(21)22-14)18(28)25-34(30,31)13-10-26(4)24-16(13)19(29)32-5;1-6-4-7(2,3)8-5-6;2-1-4-3;;;;;/h8-11,14,17,34H,12-13,15-16H2,1-7H3,(H,30,35);6-10H,11H2,1-5H3,(H,25,28);6,8H,4-5H2,1-3H3;1,3H;;;2*1H2;/q;;;;2*+1;;;-1/p-1/t17-;;6-;;;;;;/m0.0....../s1. The van der Waals surface area contributed by atoms with Crippen molar-refractivity contribution in [2.45, 2.75) is 123 Å². The van der Waals surface area contributed by atoms with E-state index in [0.717, 1.165) is 30.3 Å². The van der Waals surface area contributed by atoms with Crippen molar-refractivity contribution in [1.29, 1.82) is 0 Å². The minimum Gasteiger partial charge on any atom is -1.00 e. The van der Waals surface area contributed by atoms with Gasteiger partial charge in [-0.25, -0.2) is 50.4 Å². The first kappa shape index (κ1) is 83.5. The average Bonchev–Trinajstić information content (AvgIpc) is 1.60. The molecule has 2 fully saturated rings. The summed E-state index contributed by atoms with van der Waals surface area (Å²) in [6.45, 7) is 27.4. The minimum atomic E-state index is -4.47. The summed E-state index contributed by atoms with van der Waals surface area (Å²) in [5.74, 6) is 0.319. The number of anilines is 1. The second kappa shape index (κ2) is 35.1. The maximum absolute atomic E-state index is 13.5. The van der Waals surface area contributed by atoms with E-state index in [4.69, 9.17) is 36.1 Å². The number of pyridine rings is 2. The van der Waals surface area contributed by atoms with Crippen molar-refractivity contribution in [3.8, 4) is 23.4 Å². The molecule has 2 amide bonds. The summed E-state index contributed by atoms with van der Waals surface area (Å²) in [7, 11) is -4.75. The smallest absolute Gasteiger partial charge is 1.00 e. The molecular weight excluding hydrogens is 1310 g/mol. The molecule has 28 nitrogen and oxygen atoms in total. The Kier molecular flexibility index (Phi) is 32.9. The van der Waals surface area contributed by atoms with Gasteiger partial charge >= 0.3 is 109 Å². The molecule has 4 N–H and O–H groups in total. The minimum absolute atomic E-state index is 0. The van der Waals surface area contributed by atoms with E-state index in [1.165, 1.54) is 54.8 Å². The molecule has 2 aliphatic heterocycles. The number of aliphatic hydroxyl groups is 1. The zero-order valence-electron chi connectivity index (χ0n) is 54.3. The Morgan fingerprint density at radius 3 is 1.65 bits per heavy atom. The number of esters is 1. The molecule has 8 heterocycles. The Labute approximate surface area is 625 Å². The van der Waals surface area contributed by atoms with Crippen LogP contribution in [0.2, 0.25) is 5.15 Å². The molecular formula is C54H81ClK2N14O14S4. The van der Waals surface area contributed by atoms with Gasteiger partial charge in [0.25, 0.3) is 38.3 Å². The fraction of sp³-hybridized carbons (Fsp3) is 0.519. The molecule has 0 unspecified atom stereocenters. The molecule has 6 aromatic rings. The van der Waals surface area contributed by atoms with Crippen LogP contribution in [-0.4, -0.2) is 140 Å². The van der Waals surface area contributed by atoms with Gasteiger partial charge in [0.05, 0.1) is 38.1 Å². The summed E-state index contributed by atoms with van der Waals surface area (Å²) in [6.07, 6.45) is 7.85. The summed E-state index contributed by atoms with van der Waals surface area (Å²) >= 11 is 6.16. The summed E-state index contributed by atoms with van der Waals surface area (Å²) in [4.78, 5) is 59.4. The van der Waals surface area contributed by atoms with E-state index in [0.29, 0.717) is 54.6 Å². The van der Waals surface area contributed by atoms with Crippen LogP contribution in [0.1, 0.15) is 134 Å². The molecule has 89 heavy (non-hydrogen) atoms. The SMILES string of the molecule is COC(=O)c1nn(C)cc1S(=O)(=O)NC(=O)c1ccc(-n2ccc(OCC(C)(C)C)n2)nc1Cl.C[C@@H]1CN(c2nc(-n3ccc(OCC(C)(C)C)n3)ccc2C(=O)NS(=O)(=O)c2cn(C)nc2CO)C(C)(C)C1.C[C@@H]1CNC(C)(C)C1.O=CO[O-].S.S.[H-].[K+].[K+]. The Balaban J connectivity index is 0.00000142. The molecule has 0 bridgehead atoms. The number of nitrogens with zero attached hydrogens (tertiary/aromatic N) is 11. The monoisotopic (exact) mass is 1390 g/mol. The van der Waals surface area contributed by atoms with Crippen molar-refractivity contribution in [1.82, 2.24) is 63.9 Å². The molecule has 0 spiro atoms. The van der Waals surface area contributed by atoms with E-state index >= 15 is 0 Å². The summed E-state index contributed by atoms with van der Waals surface area (Å²) in [6, 6.07) is 9.31. The fourth-order valence-electron chi connectivity index (χ4n) is 8.91. The van der Waals surface area contributed by atoms with E-state index in [-0.39, 0.29) is 187 Å². The van der Waals surface area contributed by atoms with Crippen molar-refractivity contribution < 1.29 is 170 Å². The molecule has 484 valence electrons. The van der Waals surface area contributed by atoms with Gasteiger partial charge in [-0.1, -0.05) is 67.0 Å². The summed E-state index contributed by atoms with van der Waals surface area (Å²) in [5.41, 5.74) is -0.595. The van der Waals surface area contributed by atoms with Crippen LogP contribution >= 0.6 is 38.6 Å². The summed E-state index contributed by atoms with van der Waals surface area (Å²) in [5, 5.41) is 37.6. The van der Waals surface area contributed by atoms with Gasteiger partial charge in [-0.15, -0.1) is 10.2 Å². The number of carbonyl (C=O) groups is 4. The molecule has 2 atom stereocenters. The normalized spacial score (nSPS) is 15.6. The van der Waals surface area contributed by atoms with E-state index in [1.807, 2.05) is 30.4 Å². The van der Waals surface area contributed by atoms with Crippen LogP contribution in [0.5, 0.6) is 11.8 Å². The Bertz CT molecular complexity index is 3580.